The van der Waals surface area contributed by atoms with Gasteiger partial charge in [-0.2, -0.15) is 0 Å². The maximum Gasteiger partial charge on any atom is 0.271 e. The number of non-ortho nitro benzene ring substituents is 1. The molecular weight excluding hydrogens is 361 g/mol. The average molecular weight is 367 g/mol. The van der Waals surface area contributed by atoms with Crippen LogP contribution in [0.25, 0.3) is 0 Å². The molecule has 0 saturated heterocycles. The summed E-state index contributed by atoms with van der Waals surface area (Å²) >= 11 is 5.40. The summed E-state index contributed by atoms with van der Waals surface area (Å²) in [4.78, 5) is 8.56. The number of nitro benzene ring substituents is 1. The molecule has 2 aromatic carbocycles. The zero-order valence-corrected chi connectivity index (χ0v) is 12.5. The first kappa shape index (κ1) is 17.0. The number of rotatable bonds is 4. The fourth-order valence-electron chi connectivity index (χ4n) is 1.64. The van der Waals surface area contributed by atoms with Gasteiger partial charge in [0.15, 0.2) is 11.6 Å². The highest BCUT2D eigenvalue weighted by atomic mass is 35.5. The highest BCUT2D eigenvalue weighted by Crippen LogP contribution is 2.28. The van der Waals surface area contributed by atoms with Crippen LogP contribution in [0.2, 0.25) is 5.02 Å². The number of nitrogens with one attached hydrogen (secondary N) is 1. The van der Waals surface area contributed by atoms with E-state index >= 15 is 0 Å². The Labute approximate surface area is 132 Å². The van der Waals surface area contributed by atoms with E-state index in [0.29, 0.717) is 24.3 Å². The van der Waals surface area contributed by atoms with E-state index in [1.165, 1.54) is 4.72 Å². The predicted molar refractivity (Wildman–Crippen MR) is 75.2 cm³/mol. The van der Waals surface area contributed by atoms with E-state index < -0.39 is 48.7 Å². The lowest BCUT2D eigenvalue weighted by molar-refractivity contribution is -0.385. The van der Waals surface area contributed by atoms with Crippen LogP contribution in [0.15, 0.2) is 35.2 Å². The Morgan fingerprint density at radius 2 is 1.61 bits per heavy atom. The normalized spacial score (nSPS) is 11.3. The van der Waals surface area contributed by atoms with Gasteiger partial charge in [-0.05, 0) is 18.2 Å². The van der Waals surface area contributed by atoms with Crippen LogP contribution in [0.1, 0.15) is 0 Å². The largest absolute Gasteiger partial charge is 0.274 e. The van der Waals surface area contributed by atoms with Gasteiger partial charge >= 0.3 is 0 Å². The monoisotopic (exact) mass is 366 g/mol. The molecule has 6 nitrogen and oxygen atoms in total. The molecule has 0 unspecified atom stereocenters. The van der Waals surface area contributed by atoms with E-state index in [2.05, 4.69) is 0 Å². The second-order valence-electron chi connectivity index (χ2n) is 4.22. The third kappa shape index (κ3) is 3.54. The molecule has 0 amide bonds. The van der Waals surface area contributed by atoms with Gasteiger partial charge in [-0.15, -0.1) is 0 Å². The van der Waals surface area contributed by atoms with Gasteiger partial charge in [0, 0.05) is 17.2 Å². The molecule has 0 aliphatic heterocycles. The van der Waals surface area contributed by atoms with E-state index in [1.54, 1.807) is 0 Å². The summed E-state index contributed by atoms with van der Waals surface area (Å²) in [5.74, 6) is -3.98. The summed E-state index contributed by atoms with van der Waals surface area (Å²) in [7, 11) is -4.81. The van der Waals surface area contributed by atoms with E-state index in [4.69, 9.17) is 11.6 Å². The van der Waals surface area contributed by atoms with E-state index in [0.717, 1.165) is 6.07 Å². The molecule has 0 fully saturated rings. The Kier molecular flexibility index (Phi) is 4.48. The molecule has 23 heavy (non-hydrogen) atoms. The molecule has 2 aromatic rings. The molecule has 0 radical (unpaired) electrons. The van der Waals surface area contributed by atoms with Crippen LogP contribution in [0.5, 0.6) is 0 Å². The number of nitro groups is 1. The third-order valence-corrected chi connectivity index (χ3v) is 4.24. The van der Waals surface area contributed by atoms with Crippen LogP contribution >= 0.6 is 11.6 Å². The van der Waals surface area contributed by atoms with Crippen LogP contribution < -0.4 is 4.72 Å². The quantitative estimate of drug-likeness (QED) is 0.662. The number of benzene rings is 2. The number of anilines is 1. The smallest absolute Gasteiger partial charge is 0.271 e. The summed E-state index contributed by atoms with van der Waals surface area (Å²) in [5, 5.41) is 10.3. The van der Waals surface area contributed by atoms with Crippen molar-refractivity contribution in [3.63, 3.8) is 0 Å². The summed E-state index contributed by atoms with van der Waals surface area (Å²) in [6, 6.07) is 3.03. The van der Waals surface area contributed by atoms with Crippen molar-refractivity contribution >= 4 is 33.0 Å². The number of halogens is 4. The fourth-order valence-corrected chi connectivity index (χ4v) is 3.01. The van der Waals surface area contributed by atoms with Crippen molar-refractivity contribution in [3.05, 3.63) is 62.9 Å². The maximum absolute atomic E-state index is 13.6. The van der Waals surface area contributed by atoms with Gasteiger partial charge in [-0.3, -0.25) is 14.8 Å². The molecule has 0 aliphatic rings. The number of sulfonamides is 1. The first-order valence-corrected chi connectivity index (χ1v) is 7.59. The van der Waals surface area contributed by atoms with Gasteiger partial charge in [0.05, 0.1) is 4.92 Å². The Morgan fingerprint density at radius 1 is 1.04 bits per heavy atom. The van der Waals surface area contributed by atoms with E-state index in [1.807, 2.05) is 0 Å². The highest BCUT2D eigenvalue weighted by Gasteiger charge is 2.25. The van der Waals surface area contributed by atoms with Crippen LogP contribution in [0, 0.1) is 27.6 Å². The summed E-state index contributed by atoms with van der Waals surface area (Å²) in [6.45, 7) is 0. The van der Waals surface area contributed by atoms with Gasteiger partial charge in [-0.25, -0.2) is 21.6 Å². The Bertz CT molecular complexity index is 882. The minimum absolute atomic E-state index is 0.315. The lowest BCUT2D eigenvalue weighted by atomic mass is 10.3. The van der Waals surface area contributed by atoms with Crippen LogP contribution in [-0.4, -0.2) is 13.3 Å². The zero-order chi connectivity index (χ0) is 17.4. The second-order valence-corrected chi connectivity index (χ2v) is 6.31. The van der Waals surface area contributed by atoms with Gasteiger partial charge in [-0.1, -0.05) is 11.6 Å². The van der Waals surface area contributed by atoms with Gasteiger partial charge in [0.25, 0.3) is 15.7 Å². The minimum Gasteiger partial charge on any atom is -0.274 e. The molecule has 0 saturated carbocycles. The van der Waals surface area contributed by atoms with Gasteiger partial charge in [0.1, 0.15) is 16.4 Å². The molecular formula is C12H6ClF3N2O4S. The Hall–Kier alpha value is -2.33. The Balaban J connectivity index is 2.52. The topological polar surface area (TPSA) is 89.3 Å². The van der Waals surface area contributed by atoms with Crippen molar-refractivity contribution in [2.45, 2.75) is 4.90 Å². The molecule has 0 heterocycles. The Morgan fingerprint density at radius 3 is 2.13 bits per heavy atom. The minimum atomic E-state index is -4.81. The molecule has 0 aliphatic carbocycles. The van der Waals surface area contributed by atoms with Crippen LogP contribution in [0.4, 0.5) is 24.5 Å². The summed E-state index contributed by atoms with van der Waals surface area (Å²) in [5.41, 5.74) is -1.79. The average Bonchev–Trinajstić information content (AvgIpc) is 2.42. The highest BCUT2D eigenvalue weighted by molar-refractivity contribution is 7.92. The summed E-state index contributed by atoms with van der Waals surface area (Å²) in [6.07, 6.45) is 0. The lowest BCUT2D eigenvalue weighted by Gasteiger charge is -2.10. The molecule has 0 bridgehead atoms. The molecule has 122 valence electrons. The fraction of sp³-hybridized carbons (Fsp3) is 0. The van der Waals surface area contributed by atoms with Crippen molar-refractivity contribution in [2.75, 3.05) is 4.72 Å². The molecule has 2 rings (SSSR count). The second kappa shape index (κ2) is 6.05. The predicted octanol–water partition coefficient (Wildman–Crippen LogP) is 3.47. The summed E-state index contributed by atoms with van der Waals surface area (Å²) < 4.78 is 66.5. The van der Waals surface area contributed by atoms with Gasteiger partial charge in [0.2, 0.25) is 0 Å². The van der Waals surface area contributed by atoms with Crippen LogP contribution in [0.3, 0.4) is 0 Å². The van der Waals surface area contributed by atoms with Crippen molar-refractivity contribution < 1.29 is 26.5 Å². The van der Waals surface area contributed by atoms with Crippen molar-refractivity contribution in [1.82, 2.24) is 0 Å². The number of hydrogen-bond acceptors (Lipinski definition) is 4. The molecule has 0 aromatic heterocycles. The standard InChI is InChI=1S/C12H6ClF3N2O4S/c13-6-3-9(15)12(10(16)4-6)17-23(21,22)11-5-7(18(19)20)1-2-8(11)14/h1-5,17H. The van der Waals surface area contributed by atoms with E-state index in [-0.39, 0.29) is 5.02 Å². The first-order valence-electron chi connectivity index (χ1n) is 5.73. The number of hydrogen-bond donors (Lipinski definition) is 1. The molecule has 0 spiro atoms. The first-order chi connectivity index (χ1) is 10.6. The van der Waals surface area contributed by atoms with Gasteiger partial charge < -0.3 is 0 Å². The third-order valence-electron chi connectivity index (χ3n) is 2.66. The zero-order valence-electron chi connectivity index (χ0n) is 10.9. The molecule has 1 N–H and O–H groups in total. The van der Waals surface area contributed by atoms with Crippen LogP contribution in [-0.2, 0) is 10.0 Å². The SMILES string of the molecule is O=[N+]([O-])c1ccc(F)c(S(=O)(=O)Nc2c(F)cc(Cl)cc2F)c1. The maximum atomic E-state index is 13.6. The molecule has 0 atom stereocenters. The van der Waals surface area contributed by atoms with Crippen molar-refractivity contribution in [3.8, 4) is 0 Å². The lowest BCUT2D eigenvalue weighted by Crippen LogP contribution is -2.17. The van der Waals surface area contributed by atoms with E-state index in [9.17, 15) is 31.7 Å². The van der Waals surface area contributed by atoms with Crippen molar-refractivity contribution in [1.29, 1.82) is 0 Å². The number of nitrogens with zero attached hydrogens (tertiary/aromatic N) is 1. The van der Waals surface area contributed by atoms with Crippen molar-refractivity contribution in [2.24, 2.45) is 0 Å². The molecule has 11 heteroatoms.